The number of hydrogen-bond acceptors (Lipinski definition) is 3. The molecule has 2 aliphatic rings. The number of nitrogens with zero attached hydrogens (tertiary/aromatic N) is 1. The van der Waals surface area contributed by atoms with Crippen LogP contribution in [0.1, 0.15) is 46.5 Å². The number of nitrogens with one attached hydrogen (secondary N) is 1. The molecule has 0 aromatic heterocycles. The highest BCUT2D eigenvalue weighted by molar-refractivity contribution is 7.91. The lowest BCUT2D eigenvalue weighted by Gasteiger charge is -2.29. The summed E-state index contributed by atoms with van der Waals surface area (Å²) in [6, 6.07) is -0.404. The molecule has 0 heterocycles. The molecule has 0 aromatic rings. The number of rotatable bonds is 7. The Morgan fingerprint density at radius 1 is 1.27 bits per heavy atom. The molecule has 2 amide bonds. The predicted octanol–water partition coefficient (Wildman–Crippen LogP) is 2.28. The lowest BCUT2D eigenvalue weighted by molar-refractivity contribution is 0.183. The number of hydrogen-bond donors (Lipinski definition) is 1. The van der Waals surface area contributed by atoms with Gasteiger partial charge in [0.05, 0.1) is 5.75 Å². The van der Waals surface area contributed by atoms with Crippen LogP contribution in [0.5, 0.6) is 0 Å². The number of carbonyl (C=O) groups excluding carboxylic acids is 1. The molecular weight excluding hydrogens is 300 g/mol. The van der Waals surface area contributed by atoms with E-state index in [1.807, 2.05) is 13.8 Å². The fraction of sp³-hybridized carbons (Fsp3) is 0.938. The van der Waals surface area contributed by atoms with Crippen LogP contribution in [-0.4, -0.2) is 50.0 Å². The minimum Gasteiger partial charge on any atom is -0.338 e. The Morgan fingerprint density at radius 2 is 2.00 bits per heavy atom. The van der Waals surface area contributed by atoms with E-state index in [1.54, 1.807) is 11.8 Å². The van der Waals surface area contributed by atoms with Gasteiger partial charge in [-0.3, -0.25) is 0 Å². The summed E-state index contributed by atoms with van der Waals surface area (Å²) in [5.41, 5.74) is 0. The lowest BCUT2D eigenvalue weighted by Crippen LogP contribution is -2.48. The van der Waals surface area contributed by atoms with Gasteiger partial charge in [0.2, 0.25) is 0 Å². The number of amides is 2. The van der Waals surface area contributed by atoms with E-state index in [-0.39, 0.29) is 23.6 Å². The van der Waals surface area contributed by atoms with Crippen LogP contribution in [0.15, 0.2) is 0 Å². The van der Waals surface area contributed by atoms with Crippen molar-refractivity contribution >= 4 is 15.9 Å². The zero-order chi connectivity index (χ0) is 16.3. The van der Waals surface area contributed by atoms with Crippen molar-refractivity contribution in [2.24, 2.45) is 17.8 Å². The summed E-state index contributed by atoms with van der Waals surface area (Å²) < 4.78 is 23.5. The molecule has 22 heavy (non-hydrogen) atoms. The Kier molecular flexibility index (Phi) is 5.75. The van der Waals surface area contributed by atoms with Crippen LogP contribution in [0.3, 0.4) is 0 Å². The van der Waals surface area contributed by atoms with E-state index in [0.29, 0.717) is 12.5 Å². The van der Waals surface area contributed by atoms with E-state index in [2.05, 4.69) is 5.32 Å². The van der Waals surface area contributed by atoms with Gasteiger partial charge in [-0.05, 0) is 50.9 Å². The highest BCUT2D eigenvalue weighted by atomic mass is 32.2. The molecule has 0 spiro atoms. The molecule has 4 unspecified atom stereocenters. The van der Waals surface area contributed by atoms with Crippen molar-refractivity contribution in [3.8, 4) is 0 Å². The van der Waals surface area contributed by atoms with Crippen LogP contribution in [0, 0.1) is 17.8 Å². The topological polar surface area (TPSA) is 66.5 Å². The summed E-state index contributed by atoms with van der Waals surface area (Å²) in [4.78, 5) is 14.0. The molecule has 4 atom stereocenters. The Morgan fingerprint density at radius 3 is 2.50 bits per heavy atom. The summed E-state index contributed by atoms with van der Waals surface area (Å²) in [6.07, 6.45) is 5.26. The van der Waals surface area contributed by atoms with E-state index in [1.165, 1.54) is 25.7 Å². The van der Waals surface area contributed by atoms with Crippen molar-refractivity contribution < 1.29 is 13.2 Å². The van der Waals surface area contributed by atoms with Crippen molar-refractivity contribution in [3.05, 3.63) is 0 Å². The Bertz CT molecular complexity index is 492. The van der Waals surface area contributed by atoms with Crippen LogP contribution in [0.2, 0.25) is 0 Å². The Labute approximate surface area is 134 Å². The average molecular weight is 330 g/mol. The van der Waals surface area contributed by atoms with Gasteiger partial charge in [0.1, 0.15) is 0 Å². The number of sulfone groups is 1. The van der Waals surface area contributed by atoms with Gasteiger partial charge in [-0.25, -0.2) is 13.2 Å². The molecule has 2 fully saturated rings. The van der Waals surface area contributed by atoms with E-state index in [0.717, 1.165) is 18.4 Å². The summed E-state index contributed by atoms with van der Waals surface area (Å²) in [5, 5.41) is 3.04. The molecule has 2 bridgehead atoms. The minimum absolute atomic E-state index is 0.0406. The van der Waals surface area contributed by atoms with Gasteiger partial charge in [-0.1, -0.05) is 13.3 Å². The van der Waals surface area contributed by atoms with Crippen molar-refractivity contribution in [1.29, 1.82) is 0 Å². The molecular formula is C16H30N2O3S. The fourth-order valence-electron chi connectivity index (χ4n) is 4.18. The van der Waals surface area contributed by atoms with Gasteiger partial charge < -0.3 is 10.2 Å². The smallest absolute Gasteiger partial charge is 0.317 e. The maximum atomic E-state index is 12.4. The summed E-state index contributed by atoms with van der Waals surface area (Å²) >= 11 is 0. The molecule has 0 aliphatic heterocycles. The molecule has 1 N–H and O–H groups in total. The molecule has 2 rings (SSSR count). The molecule has 0 saturated heterocycles. The molecule has 6 heteroatoms. The second kappa shape index (κ2) is 7.20. The monoisotopic (exact) mass is 330 g/mol. The molecule has 2 saturated carbocycles. The third kappa shape index (κ3) is 4.15. The maximum Gasteiger partial charge on any atom is 0.317 e. The van der Waals surface area contributed by atoms with Gasteiger partial charge in [-0.15, -0.1) is 0 Å². The zero-order valence-electron chi connectivity index (χ0n) is 14.0. The van der Waals surface area contributed by atoms with Crippen LogP contribution in [-0.2, 0) is 9.84 Å². The van der Waals surface area contributed by atoms with Gasteiger partial charge in [-0.2, -0.15) is 0 Å². The van der Waals surface area contributed by atoms with Gasteiger partial charge in [0, 0.05) is 24.9 Å². The Balaban J connectivity index is 1.83. The van der Waals surface area contributed by atoms with Crippen LogP contribution in [0.25, 0.3) is 0 Å². The predicted molar refractivity (Wildman–Crippen MR) is 88.5 cm³/mol. The van der Waals surface area contributed by atoms with Gasteiger partial charge in [0.15, 0.2) is 9.84 Å². The first-order chi connectivity index (χ1) is 10.4. The summed E-state index contributed by atoms with van der Waals surface area (Å²) in [5.74, 6) is 2.46. The second-order valence-electron chi connectivity index (χ2n) is 6.95. The van der Waals surface area contributed by atoms with Crippen molar-refractivity contribution in [1.82, 2.24) is 10.2 Å². The lowest BCUT2D eigenvalue weighted by atomic mass is 9.89. The molecule has 0 radical (unpaired) electrons. The van der Waals surface area contributed by atoms with Crippen LogP contribution >= 0.6 is 0 Å². The second-order valence-corrected chi connectivity index (χ2v) is 9.35. The van der Waals surface area contributed by atoms with E-state index in [4.69, 9.17) is 0 Å². The maximum absolute atomic E-state index is 12.4. The average Bonchev–Trinajstić information content (AvgIpc) is 3.07. The minimum atomic E-state index is -3.07. The molecule has 0 aromatic carbocycles. The van der Waals surface area contributed by atoms with Crippen LogP contribution in [0.4, 0.5) is 4.79 Å². The largest absolute Gasteiger partial charge is 0.338 e. The molecule has 2 aliphatic carbocycles. The molecule has 5 nitrogen and oxygen atoms in total. The fourth-order valence-corrected chi connectivity index (χ4v) is 5.33. The summed E-state index contributed by atoms with van der Waals surface area (Å²) in [7, 11) is -3.07. The normalized spacial score (nSPS) is 28.6. The van der Waals surface area contributed by atoms with Crippen molar-refractivity contribution in [3.63, 3.8) is 0 Å². The third-order valence-corrected chi connectivity index (χ3v) is 7.34. The highest BCUT2D eigenvalue weighted by Gasteiger charge is 2.39. The van der Waals surface area contributed by atoms with Crippen molar-refractivity contribution in [2.45, 2.75) is 52.5 Å². The first-order valence-corrected chi connectivity index (χ1v) is 10.4. The van der Waals surface area contributed by atoms with Gasteiger partial charge in [0.25, 0.3) is 0 Å². The quantitative estimate of drug-likeness (QED) is 0.779. The SMILES string of the molecule is CCN(C(=O)NCC1CC2CCC1C2)C(C)CS(=O)(=O)CC. The third-order valence-electron chi connectivity index (χ3n) is 5.47. The highest BCUT2D eigenvalue weighted by Crippen LogP contribution is 2.47. The van der Waals surface area contributed by atoms with Crippen LogP contribution < -0.4 is 5.32 Å². The number of carbonyl (C=O) groups is 1. The van der Waals surface area contributed by atoms with Crippen molar-refractivity contribution in [2.75, 3.05) is 24.6 Å². The van der Waals surface area contributed by atoms with Gasteiger partial charge >= 0.3 is 6.03 Å². The number of fused-ring (bicyclic) bond motifs is 2. The number of urea groups is 1. The zero-order valence-corrected chi connectivity index (χ0v) is 14.9. The summed E-state index contributed by atoms with van der Waals surface area (Å²) in [6.45, 7) is 6.63. The van der Waals surface area contributed by atoms with E-state index in [9.17, 15) is 13.2 Å². The first-order valence-electron chi connectivity index (χ1n) is 8.61. The standard InChI is InChI=1S/C16H30N2O3S/c1-4-18(12(3)11-22(20,21)5-2)16(19)17-10-15-9-13-6-7-14(15)8-13/h12-15H,4-11H2,1-3H3,(H,17,19). The molecule has 128 valence electrons. The Hall–Kier alpha value is -0.780. The van der Waals surface area contributed by atoms with E-state index < -0.39 is 9.84 Å². The first kappa shape index (κ1) is 17.6. The van der Waals surface area contributed by atoms with E-state index >= 15 is 0 Å².